The molecule has 0 aliphatic carbocycles. The zero-order valence-corrected chi connectivity index (χ0v) is 26.6. The molecule has 2 saturated heterocycles. The first-order chi connectivity index (χ1) is 20.9. The van der Waals surface area contributed by atoms with Gasteiger partial charge in [-0.05, 0) is 82.4 Å². The van der Waals surface area contributed by atoms with Crippen LogP contribution in [0.15, 0.2) is 94.6 Å². The molecule has 222 valence electrons. The summed E-state index contributed by atoms with van der Waals surface area (Å²) in [6, 6.07) is 28.5. The molecule has 0 radical (unpaired) electrons. The molecule has 4 aromatic rings. The molecule has 2 aliphatic rings. The number of aromatic nitrogens is 1. The largest absolute Gasteiger partial charge is 0.396 e. The molecular formula is C36H39BrN4O2. The van der Waals surface area contributed by atoms with Crippen LogP contribution in [0, 0.1) is 5.92 Å². The SMILES string of the molecule is CCON=C(c1ccc(Br)cc1)C1CCN(C2(C)CCN(C(=O)c3cc(-c4ccccc4)nc4ccccc34)CC2)CC1. The molecule has 3 aromatic carbocycles. The number of carbonyl (C=O) groups is 1. The number of rotatable bonds is 7. The van der Waals surface area contributed by atoms with E-state index in [1.807, 2.05) is 72.5 Å². The van der Waals surface area contributed by atoms with Crippen molar-refractivity contribution in [3.8, 4) is 11.3 Å². The van der Waals surface area contributed by atoms with E-state index in [4.69, 9.17) is 9.82 Å². The van der Waals surface area contributed by atoms with Crippen LogP contribution in [-0.2, 0) is 4.84 Å². The maximum Gasteiger partial charge on any atom is 0.254 e. The summed E-state index contributed by atoms with van der Waals surface area (Å²) in [6.45, 7) is 8.47. The van der Waals surface area contributed by atoms with E-state index in [1.54, 1.807) is 0 Å². The van der Waals surface area contributed by atoms with Crippen molar-refractivity contribution in [1.29, 1.82) is 0 Å². The lowest BCUT2D eigenvalue weighted by atomic mass is 9.82. The Morgan fingerprint density at radius 1 is 0.953 bits per heavy atom. The molecule has 43 heavy (non-hydrogen) atoms. The summed E-state index contributed by atoms with van der Waals surface area (Å²) in [4.78, 5) is 29.1. The quantitative estimate of drug-likeness (QED) is 0.153. The minimum atomic E-state index is 0.0755. The molecule has 3 heterocycles. The molecular weight excluding hydrogens is 600 g/mol. The summed E-state index contributed by atoms with van der Waals surface area (Å²) in [7, 11) is 0. The molecule has 0 saturated carbocycles. The summed E-state index contributed by atoms with van der Waals surface area (Å²) in [5, 5.41) is 5.47. The molecule has 6 rings (SSSR count). The highest BCUT2D eigenvalue weighted by Crippen LogP contribution is 2.35. The number of likely N-dealkylation sites (tertiary alicyclic amines) is 2. The summed E-state index contributed by atoms with van der Waals surface area (Å²) < 4.78 is 1.06. The first-order valence-electron chi connectivity index (χ1n) is 15.4. The van der Waals surface area contributed by atoms with Crippen LogP contribution < -0.4 is 0 Å². The van der Waals surface area contributed by atoms with Gasteiger partial charge in [0.2, 0.25) is 0 Å². The van der Waals surface area contributed by atoms with E-state index in [2.05, 4.69) is 57.2 Å². The van der Waals surface area contributed by atoms with Crippen LogP contribution in [0.4, 0.5) is 0 Å². The number of carbonyl (C=O) groups excluding carboxylic acids is 1. The maximum atomic E-state index is 14.0. The second kappa shape index (κ2) is 13.0. The van der Waals surface area contributed by atoms with E-state index < -0.39 is 0 Å². The lowest BCUT2D eigenvalue weighted by Gasteiger charge is -2.49. The highest BCUT2D eigenvalue weighted by molar-refractivity contribution is 9.10. The number of para-hydroxylation sites is 1. The van der Waals surface area contributed by atoms with Gasteiger partial charge in [-0.3, -0.25) is 9.69 Å². The maximum absolute atomic E-state index is 14.0. The number of amides is 1. The van der Waals surface area contributed by atoms with E-state index in [-0.39, 0.29) is 11.4 Å². The van der Waals surface area contributed by atoms with Crippen molar-refractivity contribution >= 4 is 38.5 Å². The lowest BCUT2D eigenvalue weighted by Crippen LogP contribution is -2.56. The van der Waals surface area contributed by atoms with Crippen molar-refractivity contribution in [2.75, 3.05) is 32.8 Å². The van der Waals surface area contributed by atoms with Gasteiger partial charge in [0.1, 0.15) is 6.61 Å². The molecule has 1 aromatic heterocycles. The minimum Gasteiger partial charge on any atom is -0.396 e. The Morgan fingerprint density at radius 3 is 2.33 bits per heavy atom. The molecule has 0 unspecified atom stereocenters. The van der Waals surface area contributed by atoms with Gasteiger partial charge in [-0.1, -0.05) is 81.7 Å². The van der Waals surface area contributed by atoms with Crippen LogP contribution in [0.3, 0.4) is 0 Å². The van der Waals surface area contributed by atoms with Crippen LogP contribution in [0.5, 0.6) is 0 Å². The van der Waals surface area contributed by atoms with Gasteiger partial charge >= 0.3 is 0 Å². The minimum absolute atomic E-state index is 0.0755. The molecule has 7 heteroatoms. The van der Waals surface area contributed by atoms with Gasteiger partial charge in [0.25, 0.3) is 5.91 Å². The molecule has 6 nitrogen and oxygen atoms in total. The molecule has 0 bridgehead atoms. The average Bonchev–Trinajstić information content (AvgIpc) is 3.06. The topological polar surface area (TPSA) is 58.0 Å². The Bertz CT molecular complexity index is 1590. The Labute approximate surface area is 262 Å². The molecule has 0 atom stereocenters. The van der Waals surface area contributed by atoms with Gasteiger partial charge in [0, 0.05) is 40.0 Å². The molecule has 2 fully saturated rings. The van der Waals surface area contributed by atoms with Crippen molar-refractivity contribution in [2.45, 2.75) is 45.1 Å². The van der Waals surface area contributed by atoms with Crippen molar-refractivity contribution in [1.82, 2.24) is 14.8 Å². The number of oxime groups is 1. The smallest absolute Gasteiger partial charge is 0.254 e. The summed E-state index contributed by atoms with van der Waals surface area (Å²) in [6.07, 6.45) is 4.02. The van der Waals surface area contributed by atoms with E-state index in [0.29, 0.717) is 12.5 Å². The number of fused-ring (bicyclic) bond motifs is 1. The lowest BCUT2D eigenvalue weighted by molar-refractivity contribution is 0.0162. The zero-order chi connectivity index (χ0) is 29.8. The van der Waals surface area contributed by atoms with Crippen molar-refractivity contribution in [2.24, 2.45) is 11.1 Å². The van der Waals surface area contributed by atoms with E-state index in [9.17, 15) is 4.79 Å². The van der Waals surface area contributed by atoms with Crippen LogP contribution in [-0.4, -0.2) is 64.7 Å². The van der Waals surface area contributed by atoms with Crippen molar-refractivity contribution in [3.05, 3.63) is 101 Å². The number of nitrogens with zero attached hydrogens (tertiary/aromatic N) is 4. The fourth-order valence-corrected chi connectivity index (χ4v) is 6.86. The van der Waals surface area contributed by atoms with E-state index in [0.717, 1.165) is 95.3 Å². The second-order valence-corrected chi connectivity index (χ2v) is 12.8. The zero-order valence-electron chi connectivity index (χ0n) is 25.0. The van der Waals surface area contributed by atoms with Crippen molar-refractivity contribution < 1.29 is 9.63 Å². The first-order valence-corrected chi connectivity index (χ1v) is 16.2. The summed E-state index contributed by atoms with van der Waals surface area (Å²) in [5.74, 6) is 0.468. The monoisotopic (exact) mass is 638 g/mol. The van der Waals surface area contributed by atoms with E-state index >= 15 is 0 Å². The molecule has 0 spiro atoms. The predicted octanol–water partition coefficient (Wildman–Crippen LogP) is 7.81. The third-order valence-electron chi connectivity index (χ3n) is 9.22. The highest BCUT2D eigenvalue weighted by Gasteiger charge is 2.39. The van der Waals surface area contributed by atoms with Gasteiger partial charge in [0.05, 0.1) is 22.5 Å². The molecule has 1 amide bonds. The average molecular weight is 640 g/mol. The normalized spacial score (nSPS) is 18.1. The van der Waals surface area contributed by atoms with Gasteiger partial charge in [-0.2, -0.15) is 0 Å². The fraction of sp³-hybridized carbons (Fsp3) is 0.361. The van der Waals surface area contributed by atoms with Gasteiger partial charge in [0.15, 0.2) is 0 Å². The number of piperidine rings is 2. The highest BCUT2D eigenvalue weighted by atomic mass is 79.9. The van der Waals surface area contributed by atoms with Gasteiger partial charge in [-0.25, -0.2) is 4.98 Å². The summed E-state index contributed by atoms with van der Waals surface area (Å²) >= 11 is 3.55. The van der Waals surface area contributed by atoms with Crippen LogP contribution in [0.25, 0.3) is 22.2 Å². The third kappa shape index (κ3) is 6.38. The molecule has 0 N–H and O–H groups in total. The summed E-state index contributed by atoms with van der Waals surface area (Å²) in [5.41, 5.74) is 5.71. The Kier molecular flexibility index (Phi) is 8.91. The van der Waals surface area contributed by atoms with Gasteiger partial charge < -0.3 is 9.74 Å². The van der Waals surface area contributed by atoms with Crippen LogP contribution in [0.2, 0.25) is 0 Å². The van der Waals surface area contributed by atoms with Gasteiger partial charge in [-0.15, -0.1) is 0 Å². The number of benzene rings is 3. The van der Waals surface area contributed by atoms with Crippen molar-refractivity contribution in [3.63, 3.8) is 0 Å². The second-order valence-electron chi connectivity index (χ2n) is 11.9. The van der Waals surface area contributed by atoms with Crippen LogP contribution in [0.1, 0.15) is 55.5 Å². The van der Waals surface area contributed by atoms with Crippen LogP contribution >= 0.6 is 15.9 Å². The Hall–Kier alpha value is -3.55. The number of pyridine rings is 1. The third-order valence-corrected chi connectivity index (χ3v) is 9.75. The number of hydrogen-bond donors (Lipinski definition) is 0. The first kappa shape index (κ1) is 29.5. The molecule has 2 aliphatic heterocycles. The predicted molar refractivity (Wildman–Crippen MR) is 177 cm³/mol. The fourth-order valence-electron chi connectivity index (χ4n) is 6.60. The standard InChI is InChI=1S/C36H39BrN4O2/c1-3-43-39-34(27-13-15-29(37)16-14-27)28-17-21-41(22-18-28)36(2)19-23-40(24-20-36)35(42)31-25-33(26-9-5-4-6-10-26)38-32-12-8-7-11-30(31)32/h4-16,25,28H,3,17-24H2,1-2H3. The number of hydrogen-bond acceptors (Lipinski definition) is 5. The Morgan fingerprint density at radius 2 is 1.63 bits per heavy atom. The Balaban J connectivity index is 1.13. The number of halogens is 1. The van der Waals surface area contributed by atoms with E-state index in [1.165, 1.54) is 0 Å².